The molecule has 5 heteroatoms. The summed E-state index contributed by atoms with van der Waals surface area (Å²) in [7, 11) is 0. The first-order valence-corrected chi connectivity index (χ1v) is 6.97. The predicted molar refractivity (Wildman–Crippen MR) is 76.4 cm³/mol. The second-order valence-corrected chi connectivity index (χ2v) is 6.16. The zero-order chi connectivity index (χ0) is 13.4. The number of aromatic amines is 1. The Morgan fingerprint density at radius 1 is 1.28 bits per heavy atom. The molecule has 0 saturated heterocycles. The van der Waals surface area contributed by atoms with Gasteiger partial charge < -0.3 is 10.3 Å². The Morgan fingerprint density at radius 3 is 2.56 bits per heavy atom. The molecule has 0 spiro atoms. The molecule has 4 nitrogen and oxygen atoms in total. The Hall–Kier alpha value is -1.20. The van der Waals surface area contributed by atoms with Gasteiger partial charge in [0, 0.05) is 10.9 Å². The molecule has 0 saturated carbocycles. The normalized spacial score (nSPS) is 13.4. The smallest absolute Gasteiger partial charge is 0.259 e. The molecular formula is C13H19N3OS. The average Bonchev–Trinajstić information content (AvgIpc) is 2.54. The van der Waals surface area contributed by atoms with E-state index in [4.69, 9.17) is 0 Å². The van der Waals surface area contributed by atoms with Gasteiger partial charge in [0.15, 0.2) is 0 Å². The summed E-state index contributed by atoms with van der Waals surface area (Å²) in [5.74, 6) is 0.711. The Labute approximate surface area is 110 Å². The lowest BCUT2D eigenvalue weighted by Crippen LogP contribution is -2.29. The van der Waals surface area contributed by atoms with Gasteiger partial charge in [-0.1, -0.05) is 13.8 Å². The molecule has 98 valence electrons. The van der Waals surface area contributed by atoms with Gasteiger partial charge in [-0.3, -0.25) is 4.79 Å². The van der Waals surface area contributed by atoms with Crippen molar-refractivity contribution in [1.82, 2.24) is 15.3 Å². The van der Waals surface area contributed by atoms with Gasteiger partial charge in [-0.05, 0) is 26.3 Å². The van der Waals surface area contributed by atoms with Crippen molar-refractivity contribution >= 4 is 21.6 Å². The van der Waals surface area contributed by atoms with Crippen molar-refractivity contribution in [3.05, 3.63) is 26.6 Å². The van der Waals surface area contributed by atoms with Gasteiger partial charge >= 0.3 is 0 Å². The maximum absolute atomic E-state index is 12.1. The zero-order valence-corrected chi connectivity index (χ0v) is 12.2. The summed E-state index contributed by atoms with van der Waals surface area (Å²) in [4.78, 5) is 21.6. The van der Waals surface area contributed by atoms with Gasteiger partial charge in [0.25, 0.3) is 5.56 Å². The summed E-state index contributed by atoms with van der Waals surface area (Å²) in [6.07, 6.45) is 0. The minimum Gasteiger partial charge on any atom is -0.309 e. The van der Waals surface area contributed by atoms with Crippen LogP contribution in [0.2, 0.25) is 0 Å². The molecule has 0 unspecified atom stereocenters. The van der Waals surface area contributed by atoms with E-state index in [0.29, 0.717) is 11.9 Å². The molecule has 0 bridgehead atoms. The highest BCUT2D eigenvalue weighted by Gasteiger charge is 2.15. The lowest BCUT2D eigenvalue weighted by Gasteiger charge is -2.15. The van der Waals surface area contributed by atoms with Crippen molar-refractivity contribution in [2.45, 2.75) is 46.7 Å². The van der Waals surface area contributed by atoms with E-state index in [1.54, 1.807) is 11.3 Å². The standard InChI is InChI=1S/C13H19N3OS/c1-6(2)14-8(4)11-15-12(17)10-7(3)9(5)18-13(10)16-11/h6,8,14H,1-5H3,(H,15,16,17)/t8-/m0/s1. The lowest BCUT2D eigenvalue weighted by molar-refractivity contribution is 0.487. The van der Waals surface area contributed by atoms with Crippen LogP contribution < -0.4 is 10.9 Å². The van der Waals surface area contributed by atoms with Crippen LogP contribution in [0.25, 0.3) is 10.2 Å². The van der Waals surface area contributed by atoms with Crippen molar-refractivity contribution < 1.29 is 0 Å². The van der Waals surface area contributed by atoms with Gasteiger partial charge in [0.2, 0.25) is 0 Å². The molecule has 2 N–H and O–H groups in total. The first kappa shape index (κ1) is 13.2. The maximum atomic E-state index is 12.1. The van der Waals surface area contributed by atoms with Crippen LogP contribution in [0.15, 0.2) is 4.79 Å². The minimum absolute atomic E-state index is 0.0331. The van der Waals surface area contributed by atoms with Crippen LogP contribution in [-0.4, -0.2) is 16.0 Å². The van der Waals surface area contributed by atoms with Crippen LogP contribution in [0.3, 0.4) is 0 Å². The number of hydrogen-bond donors (Lipinski definition) is 2. The first-order chi connectivity index (χ1) is 8.40. The van der Waals surface area contributed by atoms with Crippen LogP contribution >= 0.6 is 11.3 Å². The van der Waals surface area contributed by atoms with E-state index in [1.807, 2.05) is 20.8 Å². The molecule has 0 amide bonds. The highest BCUT2D eigenvalue weighted by atomic mass is 32.1. The summed E-state index contributed by atoms with van der Waals surface area (Å²) >= 11 is 1.58. The maximum Gasteiger partial charge on any atom is 0.259 e. The lowest BCUT2D eigenvalue weighted by atomic mass is 10.2. The van der Waals surface area contributed by atoms with E-state index < -0.39 is 0 Å². The molecule has 0 radical (unpaired) electrons. The fraction of sp³-hybridized carbons (Fsp3) is 0.538. The topological polar surface area (TPSA) is 57.8 Å². The number of fused-ring (bicyclic) bond motifs is 1. The summed E-state index contributed by atoms with van der Waals surface area (Å²) in [5.41, 5.74) is 1.01. The number of H-pyrrole nitrogens is 1. The number of aromatic nitrogens is 2. The second kappa shape index (κ2) is 4.82. The third kappa shape index (κ3) is 2.33. The number of aryl methyl sites for hydroxylation is 2. The minimum atomic E-state index is -0.0331. The van der Waals surface area contributed by atoms with Crippen LogP contribution in [-0.2, 0) is 0 Å². The third-order valence-electron chi connectivity index (χ3n) is 3.05. The summed E-state index contributed by atoms with van der Waals surface area (Å²) < 4.78 is 0. The Bertz CT molecular complexity index is 627. The van der Waals surface area contributed by atoms with E-state index in [0.717, 1.165) is 20.7 Å². The molecule has 0 fully saturated rings. The van der Waals surface area contributed by atoms with Crippen LogP contribution in [0.5, 0.6) is 0 Å². The van der Waals surface area contributed by atoms with E-state index in [1.165, 1.54) is 0 Å². The fourth-order valence-electron chi connectivity index (χ4n) is 2.06. The van der Waals surface area contributed by atoms with Gasteiger partial charge in [0.1, 0.15) is 10.7 Å². The number of rotatable bonds is 3. The number of hydrogen-bond acceptors (Lipinski definition) is 4. The van der Waals surface area contributed by atoms with Gasteiger partial charge in [0.05, 0.1) is 11.4 Å². The molecule has 1 atom stereocenters. The Balaban J connectivity index is 2.53. The molecule has 0 aromatic carbocycles. The van der Waals surface area contributed by atoms with Crippen LogP contribution in [0, 0.1) is 13.8 Å². The monoisotopic (exact) mass is 265 g/mol. The number of nitrogens with zero attached hydrogens (tertiary/aromatic N) is 1. The van der Waals surface area contributed by atoms with Crippen LogP contribution in [0.4, 0.5) is 0 Å². The van der Waals surface area contributed by atoms with Crippen molar-refractivity contribution in [2.75, 3.05) is 0 Å². The summed E-state index contributed by atoms with van der Waals surface area (Å²) in [5, 5.41) is 4.08. The fourth-order valence-corrected chi connectivity index (χ4v) is 3.09. The SMILES string of the molecule is Cc1sc2nc([C@H](C)NC(C)C)[nH]c(=O)c2c1C. The zero-order valence-electron chi connectivity index (χ0n) is 11.4. The Kier molecular flexibility index (Phi) is 3.54. The highest BCUT2D eigenvalue weighted by molar-refractivity contribution is 7.18. The van der Waals surface area contributed by atoms with Crippen molar-refractivity contribution in [2.24, 2.45) is 0 Å². The van der Waals surface area contributed by atoms with E-state index in [2.05, 4.69) is 29.1 Å². The largest absolute Gasteiger partial charge is 0.309 e. The van der Waals surface area contributed by atoms with Gasteiger partial charge in [-0.25, -0.2) is 4.98 Å². The van der Waals surface area contributed by atoms with Crippen LogP contribution in [0.1, 0.15) is 43.1 Å². The summed E-state index contributed by atoms with van der Waals surface area (Å²) in [6, 6.07) is 0.401. The van der Waals surface area contributed by atoms with Crippen molar-refractivity contribution in [3.63, 3.8) is 0 Å². The predicted octanol–water partition coefficient (Wildman–Crippen LogP) is 2.66. The molecule has 2 rings (SSSR count). The van der Waals surface area contributed by atoms with Crippen molar-refractivity contribution in [1.29, 1.82) is 0 Å². The third-order valence-corrected chi connectivity index (χ3v) is 4.15. The average molecular weight is 265 g/mol. The number of thiophene rings is 1. The van der Waals surface area contributed by atoms with Crippen molar-refractivity contribution in [3.8, 4) is 0 Å². The molecular weight excluding hydrogens is 246 g/mol. The number of nitrogens with one attached hydrogen (secondary N) is 2. The molecule has 2 aromatic heterocycles. The summed E-state index contributed by atoms with van der Waals surface area (Å²) in [6.45, 7) is 10.2. The van der Waals surface area contributed by atoms with E-state index in [-0.39, 0.29) is 11.6 Å². The second-order valence-electron chi connectivity index (χ2n) is 4.96. The molecule has 0 aliphatic rings. The van der Waals surface area contributed by atoms with Gasteiger partial charge in [-0.15, -0.1) is 11.3 Å². The molecule has 18 heavy (non-hydrogen) atoms. The quantitative estimate of drug-likeness (QED) is 0.897. The molecule has 2 heterocycles. The Morgan fingerprint density at radius 2 is 1.94 bits per heavy atom. The molecule has 0 aliphatic carbocycles. The molecule has 0 aliphatic heterocycles. The van der Waals surface area contributed by atoms with E-state index >= 15 is 0 Å². The van der Waals surface area contributed by atoms with Gasteiger partial charge in [-0.2, -0.15) is 0 Å². The van der Waals surface area contributed by atoms with E-state index in [9.17, 15) is 4.79 Å². The molecule has 2 aromatic rings. The highest BCUT2D eigenvalue weighted by Crippen LogP contribution is 2.26. The first-order valence-electron chi connectivity index (χ1n) is 6.16.